The van der Waals surface area contributed by atoms with Crippen LogP contribution in [-0.2, 0) is 26.2 Å². The SMILES string of the molecule is CC[C@H](C(=O)NC1CCCC1)N(Cc1cccc(C)c1)C(=O)CN(C)S(=O)(=O)c1ccc(Cl)cc1. The van der Waals surface area contributed by atoms with Crippen molar-refractivity contribution in [2.75, 3.05) is 13.6 Å². The second kappa shape index (κ2) is 12.0. The molecule has 3 rings (SSSR count). The number of hydrogen-bond donors (Lipinski definition) is 1. The van der Waals surface area contributed by atoms with Crippen molar-refractivity contribution in [2.24, 2.45) is 0 Å². The molecule has 190 valence electrons. The highest BCUT2D eigenvalue weighted by atomic mass is 35.5. The van der Waals surface area contributed by atoms with Crippen molar-refractivity contribution < 1.29 is 18.0 Å². The van der Waals surface area contributed by atoms with Gasteiger partial charge >= 0.3 is 0 Å². The smallest absolute Gasteiger partial charge is 0.243 e. The summed E-state index contributed by atoms with van der Waals surface area (Å²) in [6.45, 7) is 3.66. The summed E-state index contributed by atoms with van der Waals surface area (Å²) in [7, 11) is -2.54. The lowest BCUT2D eigenvalue weighted by atomic mass is 10.1. The van der Waals surface area contributed by atoms with Crippen molar-refractivity contribution in [1.82, 2.24) is 14.5 Å². The molecule has 0 aromatic heterocycles. The van der Waals surface area contributed by atoms with E-state index >= 15 is 0 Å². The minimum atomic E-state index is -3.91. The van der Waals surface area contributed by atoms with E-state index in [4.69, 9.17) is 11.6 Å². The monoisotopic (exact) mass is 519 g/mol. The molecule has 1 aliphatic carbocycles. The maximum absolute atomic E-state index is 13.5. The Hall–Kier alpha value is -2.42. The highest BCUT2D eigenvalue weighted by Crippen LogP contribution is 2.21. The molecule has 9 heteroatoms. The van der Waals surface area contributed by atoms with E-state index in [9.17, 15) is 18.0 Å². The molecular weight excluding hydrogens is 486 g/mol. The van der Waals surface area contributed by atoms with E-state index in [1.54, 1.807) is 0 Å². The van der Waals surface area contributed by atoms with E-state index in [2.05, 4.69) is 5.32 Å². The Morgan fingerprint density at radius 2 is 1.77 bits per heavy atom. The van der Waals surface area contributed by atoms with Gasteiger partial charge in [0.05, 0.1) is 11.4 Å². The molecule has 2 amide bonds. The third-order valence-corrected chi connectivity index (χ3v) is 8.47. The quantitative estimate of drug-likeness (QED) is 0.511. The lowest BCUT2D eigenvalue weighted by Gasteiger charge is -2.32. The van der Waals surface area contributed by atoms with Crippen LogP contribution in [0.1, 0.15) is 50.2 Å². The molecule has 0 radical (unpaired) electrons. The Kier molecular flexibility index (Phi) is 9.33. The number of likely N-dealkylation sites (N-methyl/N-ethyl adjacent to an activating group) is 1. The van der Waals surface area contributed by atoms with Crippen molar-refractivity contribution >= 4 is 33.4 Å². The number of carbonyl (C=O) groups excluding carboxylic acids is 2. The number of sulfonamides is 1. The Morgan fingerprint density at radius 3 is 2.37 bits per heavy atom. The molecule has 0 unspecified atom stereocenters. The second-order valence-electron chi connectivity index (χ2n) is 9.14. The van der Waals surface area contributed by atoms with Gasteiger partial charge in [0.25, 0.3) is 0 Å². The minimum Gasteiger partial charge on any atom is -0.352 e. The summed E-state index contributed by atoms with van der Waals surface area (Å²) >= 11 is 5.89. The van der Waals surface area contributed by atoms with Crippen molar-refractivity contribution in [3.05, 3.63) is 64.7 Å². The van der Waals surface area contributed by atoms with Gasteiger partial charge in [0.15, 0.2) is 0 Å². The Bertz CT molecular complexity index is 1130. The fourth-order valence-corrected chi connectivity index (χ4v) is 5.69. The van der Waals surface area contributed by atoms with Crippen molar-refractivity contribution in [2.45, 2.75) is 69.5 Å². The molecule has 1 aliphatic rings. The molecule has 1 fully saturated rings. The number of benzene rings is 2. The highest BCUT2D eigenvalue weighted by molar-refractivity contribution is 7.89. The average molecular weight is 520 g/mol. The predicted molar refractivity (Wildman–Crippen MR) is 137 cm³/mol. The third-order valence-electron chi connectivity index (χ3n) is 6.40. The van der Waals surface area contributed by atoms with Gasteiger partial charge in [0.1, 0.15) is 6.04 Å². The van der Waals surface area contributed by atoms with E-state index in [1.807, 2.05) is 38.1 Å². The van der Waals surface area contributed by atoms with Crippen LogP contribution >= 0.6 is 11.6 Å². The van der Waals surface area contributed by atoms with Gasteiger partial charge in [0.2, 0.25) is 21.8 Å². The summed E-state index contributed by atoms with van der Waals surface area (Å²) < 4.78 is 27.1. The average Bonchev–Trinajstić information content (AvgIpc) is 3.32. The zero-order valence-corrected chi connectivity index (χ0v) is 22.1. The van der Waals surface area contributed by atoms with Gasteiger partial charge in [0, 0.05) is 24.7 Å². The Balaban J connectivity index is 1.84. The van der Waals surface area contributed by atoms with Crippen LogP contribution in [-0.4, -0.2) is 55.1 Å². The molecule has 35 heavy (non-hydrogen) atoms. The first-order valence-corrected chi connectivity index (χ1v) is 13.8. The minimum absolute atomic E-state index is 0.0495. The van der Waals surface area contributed by atoms with E-state index < -0.39 is 22.0 Å². The maximum atomic E-state index is 13.5. The number of nitrogens with zero attached hydrogens (tertiary/aromatic N) is 2. The fourth-order valence-electron chi connectivity index (χ4n) is 4.45. The molecule has 7 nitrogen and oxygen atoms in total. The standard InChI is InChI=1S/C26H34ClN3O4S/c1-4-24(26(32)28-22-10-5-6-11-22)30(17-20-9-7-8-19(2)16-20)25(31)18-29(3)35(33,34)23-14-12-21(27)13-15-23/h7-9,12-16,22,24H,4-6,10-11,17-18H2,1-3H3,(H,28,32)/t24-/m1/s1. The van der Waals surface area contributed by atoms with Gasteiger partial charge in [-0.25, -0.2) is 8.42 Å². The lowest BCUT2D eigenvalue weighted by molar-refractivity contribution is -0.141. The van der Waals surface area contributed by atoms with E-state index in [0.717, 1.165) is 41.1 Å². The van der Waals surface area contributed by atoms with Crippen molar-refractivity contribution in [1.29, 1.82) is 0 Å². The molecule has 1 saturated carbocycles. The van der Waals surface area contributed by atoms with E-state index in [-0.39, 0.29) is 29.9 Å². The van der Waals surface area contributed by atoms with Crippen LogP contribution in [0.2, 0.25) is 5.02 Å². The van der Waals surface area contributed by atoms with Crippen LogP contribution in [0, 0.1) is 6.92 Å². The first-order chi connectivity index (χ1) is 16.6. The molecule has 2 aromatic rings. The fraction of sp³-hybridized carbons (Fsp3) is 0.462. The van der Waals surface area contributed by atoms with Crippen LogP contribution in [0.15, 0.2) is 53.4 Å². The van der Waals surface area contributed by atoms with Crippen molar-refractivity contribution in [3.63, 3.8) is 0 Å². The molecule has 1 atom stereocenters. The number of aryl methyl sites for hydroxylation is 1. The maximum Gasteiger partial charge on any atom is 0.243 e. The largest absolute Gasteiger partial charge is 0.352 e. The highest BCUT2D eigenvalue weighted by Gasteiger charge is 2.33. The summed E-state index contributed by atoms with van der Waals surface area (Å²) in [5.41, 5.74) is 1.93. The van der Waals surface area contributed by atoms with Crippen LogP contribution in [0.25, 0.3) is 0 Å². The first kappa shape index (κ1) is 27.2. The number of hydrogen-bond acceptors (Lipinski definition) is 4. The second-order valence-corrected chi connectivity index (χ2v) is 11.6. The lowest BCUT2D eigenvalue weighted by Crippen LogP contribution is -2.53. The Labute approximate surface area is 213 Å². The zero-order valence-electron chi connectivity index (χ0n) is 20.5. The van der Waals surface area contributed by atoms with Gasteiger partial charge in [-0.15, -0.1) is 0 Å². The predicted octanol–water partition coefficient (Wildman–Crippen LogP) is 4.14. The third kappa shape index (κ3) is 7.06. The molecule has 0 heterocycles. The summed E-state index contributed by atoms with van der Waals surface area (Å²) in [5.74, 6) is -0.622. The van der Waals surface area contributed by atoms with Gasteiger partial charge in [-0.1, -0.05) is 61.2 Å². The van der Waals surface area contributed by atoms with Crippen molar-refractivity contribution in [3.8, 4) is 0 Å². The van der Waals surface area contributed by atoms with Gasteiger partial charge in [-0.3, -0.25) is 9.59 Å². The molecule has 0 saturated heterocycles. The van der Waals surface area contributed by atoms with E-state index in [1.165, 1.54) is 36.2 Å². The number of nitrogens with one attached hydrogen (secondary N) is 1. The van der Waals surface area contributed by atoms with Crippen LogP contribution in [0.5, 0.6) is 0 Å². The van der Waals surface area contributed by atoms with Crippen LogP contribution in [0.3, 0.4) is 0 Å². The summed E-state index contributed by atoms with van der Waals surface area (Å²) in [5, 5.41) is 3.52. The van der Waals surface area contributed by atoms with Gasteiger partial charge in [-0.2, -0.15) is 4.31 Å². The molecule has 2 aromatic carbocycles. The molecule has 0 aliphatic heterocycles. The Morgan fingerprint density at radius 1 is 1.11 bits per heavy atom. The molecule has 1 N–H and O–H groups in total. The number of amides is 2. The summed E-state index contributed by atoms with van der Waals surface area (Å²) in [6.07, 6.45) is 4.47. The number of halogens is 1. The zero-order chi connectivity index (χ0) is 25.6. The first-order valence-electron chi connectivity index (χ1n) is 12.0. The topological polar surface area (TPSA) is 86.8 Å². The van der Waals surface area contributed by atoms with Gasteiger partial charge < -0.3 is 10.2 Å². The summed E-state index contributed by atoms with van der Waals surface area (Å²) in [6, 6.07) is 13.0. The van der Waals surface area contributed by atoms with E-state index in [0.29, 0.717) is 11.4 Å². The number of rotatable bonds is 10. The van der Waals surface area contributed by atoms with Gasteiger partial charge in [-0.05, 0) is 56.0 Å². The van der Waals surface area contributed by atoms with Crippen LogP contribution in [0.4, 0.5) is 0 Å². The molecule has 0 bridgehead atoms. The molecular formula is C26H34ClN3O4S. The molecule has 0 spiro atoms. The summed E-state index contributed by atoms with van der Waals surface area (Å²) in [4.78, 5) is 28.3. The van der Waals surface area contributed by atoms with Crippen LogP contribution < -0.4 is 5.32 Å². The number of carbonyl (C=O) groups is 2. The normalized spacial score (nSPS) is 15.2.